The Morgan fingerprint density at radius 1 is 1.12 bits per heavy atom. The number of carboxylic acid groups (broad SMARTS) is 1. The van der Waals surface area contributed by atoms with Crippen LogP contribution in [0.2, 0.25) is 0 Å². The number of nitrogens with zero attached hydrogens (tertiary/aromatic N) is 1. The molecule has 5 nitrogen and oxygen atoms in total. The zero-order chi connectivity index (χ0) is 18.0. The molecule has 5 heteroatoms. The molecule has 0 fully saturated rings. The molecule has 0 saturated carbocycles. The summed E-state index contributed by atoms with van der Waals surface area (Å²) in [6.45, 7) is 4.05. The highest BCUT2D eigenvalue weighted by molar-refractivity contribution is 5.85. The lowest BCUT2D eigenvalue weighted by Crippen LogP contribution is -2.50. The smallest absolute Gasteiger partial charge is 0.326 e. The molecule has 3 rings (SSSR count). The fourth-order valence-corrected chi connectivity index (χ4v) is 3.25. The molecule has 1 heterocycles. The number of hydrogen-bond acceptors (Lipinski definition) is 3. The van der Waals surface area contributed by atoms with Gasteiger partial charge in [0.1, 0.15) is 11.8 Å². The van der Waals surface area contributed by atoms with Crippen LogP contribution in [0.4, 0.5) is 0 Å². The van der Waals surface area contributed by atoms with Crippen LogP contribution in [-0.2, 0) is 22.6 Å². The maximum atomic E-state index is 12.6. The van der Waals surface area contributed by atoms with Crippen molar-refractivity contribution in [3.8, 4) is 5.75 Å². The standard InChI is InChI=1S/C20H21NO4/c1-13-7-14(2)9-17(8-13)25-12-19(22)21-11-16-6-4-3-5-15(16)10-18(21)20(23)24/h3-9,18H,10-12H2,1-2H3,(H,23,24)/t18-/m0/s1. The highest BCUT2D eigenvalue weighted by Crippen LogP contribution is 2.24. The van der Waals surface area contributed by atoms with Crippen molar-refractivity contribution >= 4 is 11.9 Å². The second kappa shape index (κ2) is 6.97. The van der Waals surface area contributed by atoms with E-state index in [0.717, 1.165) is 22.3 Å². The van der Waals surface area contributed by atoms with E-state index in [4.69, 9.17) is 4.74 Å². The van der Waals surface area contributed by atoms with E-state index in [1.807, 2.05) is 56.3 Å². The Hall–Kier alpha value is -2.82. The Morgan fingerprint density at radius 2 is 1.76 bits per heavy atom. The number of aryl methyl sites for hydroxylation is 2. The maximum Gasteiger partial charge on any atom is 0.326 e. The molecule has 0 unspecified atom stereocenters. The van der Waals surface area contributed by atoms with Gasteiger partial charge in [-0.1, -0.05) is 30.3 Å². The van der Waals surface area contributed by atoms with Crippen LogP contribution in [-0.4, -0.2) is 34.5 Å². The Labute approximate surface area is 146 Å². The van der Waals surface area contributed by atoms with Crippen molar-refractivity contribution < 1.29 is 19.4 Å². The Kier molecular flexibility index (Phi) is 4.74. The van der Waals surface area contributed by atoms with Gasteiger partial charge in [-0.3, -0.25) is 4.79 Å². The summed E-state index contributed by atoms with van der Waals surface area (Å²) in [6.07, 6.45) is 0.320. The quantitative estimate of drug-likeness (QED) is 0.930. The van der Waals surface area contributed by atoms with E-state index >= 15 is 0 Å². The molecule has 1 amide bonds. The maximum absolute atomic E-state index is 12.6. The average Bonchev–Trinajstić information content (AvgIpc) is 2.57. The van der Waals surface area contributed by atoms with E-state index < -0.39 is 12.0 Å². The van der Waals surface area contributed by atoms with Gasteiger partial charge in [-0.2, -0.15) is 0 Å². The minimum atomic E-state index is -0.991. The zero-order valence-corrected chi connectivity index (χ0v) is 14.4. The second-order valence-corrected chi connectivity index (χ2v) is 6.46. The number of carboxylic acids is 1. The molecule has 0 bridgehead atoms. The van der Waals surface area contributed by atoms with Crippen LogP contribution < -0.4 is 4.74 Å². The Balaban J connectivity index is 1.74. The molecular formula is C20H21NO4. The van der Waals surface area contributed by atoms with Crippen molar-refractivity contribution in [2.24, 2.45) is 0 Å². The molecule has 2 aromatic carbocycles. The third-order valence-corrected chi connectivity index (χ3v) is 4.41. The van der Waals surface area contributed by atoms with E-state index in [2.05, 4.69) is 0 Å². The number of fused-ring (bicyclic) bond motifs is 1. The lowest BCUT2D eigenvalue weighted by molar-refractivity contribution is -0.152. The molecule has 0 saturated heterocycles. The van der Waals surface area contributed by atoms with Crippen LogP contribution in [0.15, 0.2) is 42.5 Å². The highest BCUT2D eigenvalue weighted by atomic mass is 16.5. The number of aliphatic carboxylic acids is 1. The minimum Gasteiger partial charge on any atom is -0.484 e. The molecule has 1 aliphatic rings. The van der Waals surface area contributed by atoms with Gasteiger partial charge >= 0.3 is 5.97 Å². The molecule has 1 aliphatic heterocycles. The molecule has 0 aliphatic carbocycles. The lowest BCUT2D eigenvalue weighted by atomic mass is 9.94. The first-order chi connectivity index (χ1) is 11.9. The number of amides is 1. The van der Waals surface area contributed by atoms with Crippen molar-refractivity contribution in [3.05, 3.63) is 64.7 Å². The lowest BCUT2D eigenvalue weighted by Gasteiger charge is -2.34. The summed E-state index contributed by atoms with van der Waals surface area (Å²) in [5.74, 6) is -0.689. The first-order valence-corrected chi connectivity index (χ1v) is 8.24. The predicted octanol–water partition coefficient (Wildman–Crippen LogP) is 2.72. The van der Waals surface area contributed by atoms with Gasteiger partial charge < -0.3 is 14.7 Å². The van der Waals surface area contributed by atoms with Gasteiger partial charge in [0.05, 0.1) is 0 Å². The zero-order valence-electron chi connectivity index (χ0n) is 14.4. The third-order valence-electron chi connectivity index (χ3n) is 4.41. The number of benzene rings is 2. The highest BCUT2D eigenvalue weighted by Gasteiger charge is 2.34. The van der Waals surface area contributed by atoms with Crippen molar-refractivity contribution in [3.63, 3.8) is 0 Å². The molecular weight excluding hydrogens is 318 g/mol. The predicted molar refractivity (Wildman–Crippen MR) is 93.5 cm³/mol. The van der Waals surface area contributed by atoms with Crippen LogP contribution in [0.3, 0.4) is 0 Å². The monoisotopic (exact) mass is 339 g/mol. The van der Waals surface area contributed by atoms with Crippen molar-refractivity contribution in [2.45, 2.75) is 32.9 Å². The molecule has 130 valence electrons. The number of rotatable bonds is 4. The van der Waals surface area contributed by atoms with Crippen LogP contribution in [0, 0.1) is 13.8 Å². The fraction of sp³-hybridized carbons (Fsp3) is 0.300. The van der Waals surface area contributed by atoms with Crippen LogP contribution in [0.25, 0.3) is 0 Å². The van der Waals surface area contributed by atoms with Crippen LogP contribution in [0.1, 0.15) is 22.3 Å². The van der Waals surface area contributed by atoms with Crippen molar-refractivity contribution in [2.75, 3.05) is 6.61 Å². The normalized spacial score (nSPS) is 16.2. The minimum absolute atomic E-state index is 0.172. The molecule has 0 spiro atoms. The number of hydrogen-bond donors (Lipinski definition) is 1. The van der Waals surface area contributed by atoms with Gasteiger partial charge in [-0.05, 0) is 48.2 Å². The van der Waals surface area contributed by atoms with E-state index in [0.29, 0.717) is 18.7 Å². The van der Waals surface area contributed by atoms with E-state index in [-0.39, 0.29) is 12.5 Å². The SMILES string of the molecule is Cc1cc(C)cc(OCC(=O)N2Cc3ccccc3C[C@H]2C(=O)O)c1. The van der Waals surface area contributed by atoms with Gasteiger partial charge in [0.2, 0.25) is 0 Å². The summed E-state index contributed by atoms with van der Waals surface area (Å²) in [4.78, 5) is 25.6. The molecule has 25 heavy (non-hydrogen) atoms. The third kappa shape index (κ3) is 3.82. The summed E-state index contributed by atoms with van der Waals surface area (Å²) in [5, 5.41) is 9.51. The number of carbonyl (C=O) groups excluding carboxylic acids is 1. The van der Waals surface area contributed by atoms with Gasteiger partial charge in [0.15, 0.2) is 6.61 Å². The molecule has 1 N–H and O–H groups in total. The average molecular weight is 339 g/mol. The summed E-state index contributed by atoms with van der Waals surface area (Å²) < 4.78 is 5.61. The first kappa shape index (κ1) is 17.0. The summed E-state index contributed by atoms with van der Waals surface area (Å²) >= 11 is 0. The van der Waals surface area contributed by atoms with Crippen LogP contribution in [0.5, 0.6) is 5.75 Å². The van der Waals surface area contributed by atoms with Crippen LogP contribution >= 0.6 is 0 Å². The summed E-state index contributed by atoms with van der Waals surface area (Å²) in [6, 6.07) is 12.5. The Bertz CT molecular complexity index is 795. The first-order valence-electron chi connectivity index (χ1n) is 8.24. The fourth-order valence-electron chi connectivity index (χ4n) is 3.25. The van der Waals surface area contributed by atoms with Crippen molar-refractivity contribution in [1.82, 2.24) is 4.90 Å². The Morgan fingerprint density at radius 3 is 2.40 bits per heavy atom. The summed E-state index contributed by atoms with van der Waals surface area (Å²) in [7, 11) is 0. The van der Waals surface area contributed by atoms with Gasteiger partial charge in [-0.15, -0.1) is 0 Å². The van der Waals surface area contributed by atoms with Gasteiger partial charge in [0, 0.05) is 13.0 Å². The molecule has 1 atom stereocenters. The molecule has 0 aromatic heterocycles. The number of ether oxygens (including phenoxy) is 1. The molecule has 2 aromatic rings. The largest absolute Gasteiger partial charge is 0.484 e. The summed E-state index contributed by atoms with van der Waals surface area (Å²) in [5.41, 5.74) is 4.07. The van der Waals surface area contributed by atoms with E-state index in [1.54, 1.807) is 0 Å². The van der Waals surface area contributed by atoms with Gasteiger partial charge in [0.25, 0.3) is 5.91 Å². The number of carbonyl (C=O) groups is 2. The molecule has 0 radical (unpaired) electrons. The van der Waals surface area contributed by atoms with Crippen molar-refractivity contribution in [1.29, 1.82) is 0 Å². The van der Waals surface area contributed by atoms with E-state index in [9.17, 15) is 14.7 Å². The van der Waals surface area contributed by atoms with Gasteiger partial charge in [-0.25, -0.2) is 4.79 Å². The second-order valence-electron chi connectivity index (χ2n) is 6.46. The topological polar surface area (TPSA) is 66.8 Å². The van der Waals surface area contributed by atoms with E-state index in [1.165, 1.54) is 4.90 Å².